The molecule has 23 atom stereocenters. The van der Waals surface area contributed by atoms with Crippen molar-refractivity contribution in [2.45, 2.75) is 171 Å². The number of aliphatic hydroxyl groups excluding tert-OH is 8. The number of hydrogen-bond donors (Lipinski definition) is 8. The van der Waals surface area contributed by atoms with E-state index in [9.17, 15) is 40.9 Å². The second kappa shape index (κ2) is 14.4. The van der Waals surface area contributed by atoms with Crippen LogP contribution in [-0.4, -0.2) is 146 Å². The molecule has 0 aromatic rings. The SMILES string of the molecule is CC1CCC2(OC1)OC1CC3C4CC(OC5OC(CO)C(O)C(O)C5O)C5CC(OC6OC(CO)C(O)C(O)C6O)CCC5(C)C4CCC3(C)C1C2C. The summed E-state index contributed by atoms with van der Waals surface area (Å²) >= 11 is 0. The van der Waals surface area contributed by atoms with Crippen molar-refractivity contribution in [3.8, 4) is 0 Å². The van der Waals surface area contributed by atoms with Gasteiger partial charge in [0.05, 0.1) is 38.1 Å². The summed E-state index contributed by atoms with van der Waals surface area (Å²) in [4.78, 5) is 0. The van der Waals surface area contributed by atoms with Crippen LogP contribution in [0.2, 0.25) is 0 Å². The predicted molar refractivity (Wildman–Crippen MR) is 184 cm³/mol. The molecular formula is C39H64O14. The predicted octanol–water partition coefficient (Wildman–Crippen LogP) is 0.413. The van der Waals surface area contributed by atoms with E-state index in [1.807, 2.05) is 0 Å². The molecule has 8 rings (SSSR count). The van der Waals surface area contributed by atoms with Crippen molar-refractivity contribution in [1.82, 2.24) is 0 Å². The quantitative estimate of drug-likeness (QED) is 0.173. The largest absolute Gasteiger partial charge is 0.394 e. The third kappa shape index (κ3) is 6.20. The van der Waals surface area contributed by atoms with Crippen LogP contribution in [-0.2, 0) is 28.4 Å². The molecular weight excluding hydrogens is 692 g/mol. The minimum Gasteiger partial charge on any atom is -0.394 e. The molecule has 4 saturated carbocycles. The van der Waals surface area contributed by atoms with Gasteiger partial charge in [-0.15, -0.1) is 0 Å². The fourth-order valence-corrected chi connectivity index (χ4v) is 13.2. The zero-order valence-electron chi connectivity index (χ0n) is 31.6. The van der Waals surface area contributed by atoms with Gasteiger partial charge in [0.2, 0.25) is 0 Å². The summed E-state index contributed by atoms with van der Waals surface area (Å²) in [6.45, 7) is 9.00. The van der Waals surface area contributed by atoms with Gasteiger partial charge >= 0.3 is 0 Å². The van der Waals surface area contributed by atoms with E-state index in [-0.39, 0.29) is 34.7 Å². The van der Waals surface area contributed by atoms with E-state index in [1.165, 1.54) is 0 Å². The zero-order valence-corrected chi connectivity index (χ0v) is 31.6. The molecule has 304 valence electrons. The highest BCUT2D eigenvalue weighted by atomic mass is 16.7. The van der Waals surface area contributed by atoms with E-state index in [2.05, 4.69) is 27.7 Å². The lowest BCUT2D eigenvalue weighted by Crippen LogP contribution is -2.63. The summed E-state index contributed by atoms with van der Waals surface area (Å²) in [5, 5.41) is 83.5. The average molecular weight is 757 g/mol. The lowest BCUT2D eigenvalue weighted by Gasteiger charge is -2.63. The Hall–Kier alpha value is -0.560. The fraction of sp³-hybridized carbons (Fsp3) is 1.00. The standard InChI is InChI=1S/C39H64O14/c1-17-5-10-39(48-16-17)18(2)28-25(53-39)13-22-20-12-24(50-36-34(47)32(45)30(43)27(15-41)52-36)23-11-19(6-8-37(23,3)21(20)7-9-38(22,28)4)49-35-33(46)31(44)29(42)26(14-40)51-35/h17-36,40-47H,5-16H2,1-4H3. The lowest BCUT2D eigenvalue weighted by molar-refractivity contribution is -0.335. The van der Waals surface area contributed by atoms with Crippen molar-refractivity contribution >= 4 is 0 Å². The van der Waals surface area contributed by atoms with Crippen LogP contribution in [0.25, 0.3) is 0 Å². The second-order valence-electron chi connectivity index (χ2n) is 18.8. The molecule has 0 aromatic heterocycles. The van der Waals surface area contributed by atoms with E-state index in [0.29, 0.717) is 42.9 Å². The molecule has 8 fully saturated rings. The van der Waals surface area contributed by atoms with Crippen LogP contribution in [0.5, 0.6) is 0 Å². The van der Waals surface area contributed by atoms with Gasteiger partial charge in [-0.05, 0) is 97.7 Å². The summed E-state index contributed by atoms with van der Waals surface area (Å²) in [5.41, 5.74) is -0.159. The normalized spacial score (nSPS) is 59.5. The first kappa shape index (κ1) is 39.3. The molecule has 0 amide bonds. The third-order valence-electron chi connectivity index (χ3n) is 16.2. The maximum atomic E-state index is 11.1. The van der Waals surface area contributed by atoms with E-state index in [4.69, 9.17) is 28.4 Å². The number of aliphatic hydroxyl groups is 8. The molecule has 4 aliphatic heterocycles. The maximum absolute atomic E-state index is 11.1. The summed E-state index contributed by atoms with van der Waals surface area (Å²) in [7, 11) is 0. The molecule has 4 saturated heterocycles. The molecule has 4 heterocycles. The van der Waals surface area contributed by atoms with E-state index in [1.54, 1.807) is 0 Å². The van der Waals surface area contributed by atoms with Crippen LogP contribution in [0.3, 0.4) is 0 Å². The van der Waals surface area contributed by atoms with Gasteiger partial charge in [0.1, 0.15) is 48.8 Å². The Morgan fingerprint density at radius 2 is 1.26 bits per heavy atom. The highest BCUT2D eigenvalue weighted by molar-refractivity contribution is 5.16. The van der Waals surface area contributed by atoms with Gasteiger partial charge in [0.15, 0.2) is 18.4 Å². The van der Waals surface area contributed by atoms with E-state index >= 15 is 0 Å². The molecule has 1 spiro atoms. The van der Waals surface area contributed by atoms with E-state index < -0.39 is 92.6 Å². The smallest absolute Gasteiger partial charge is 0.186 e. The molecule has 8 N–H and O–H groups in total. The van der Waals surface area contributed by atoms with Crippen LogP contribution in [0.1, 0.15) is 85.5 Å². The average Bonchev–Trinajstić information content (AvgIpc) is 3.59. The number of fused-ring (bicyclic) bond motifs is 7. The first-order valence-electron chi connectivity index (χ1n) is 20.4. The Balaban J connectivity index is 1.06. The summed E-state index contributed by atoms with van der Waals surface area (Å²) < 4.78 is 38.3. The molecule has 0 bridgehead atoms. The second-order valence-corrected chi connectivity index (χ2v) is 18.8. The maximum Gasteiger partial charge on any atom is 0.186 e. The third-order valence-corrected chi connectivity index (χ3v) is 16.2. The topological polar surface area (TPSA) is 217 Å². The number of ether oxygens (including phenoxy) is 6. The Kier molecular flexibility index (Phi) is 10.6. The fourth-order valence-electron chi connectivity index (χ4n) is 13.2. The lowest BCUT2D eigenvalue weighted by atomic mass is 9.43. The molecule has 0 aromatic carbocycles. The number of hydrogen-bond acceptors (Lipinski definition) is 14. The highest BCUT2D eigenvalue weighted by Gasteiger charge is 2.70. The Morgan fingerprint density at radius 1 is 0.642 bits per heavy atom. The summed E-state index contributed by atoms with van der Waals surface area (Å²) in [6.07, 6.45) is -6.84. The Bertz CT molecular complexity index is 1290. The van der Waals surface area contributed by atoms with Crippen LogP contribution >= 0.6 is 0 Å². The first-order chi connectivity index (χ1) is 25.2. The first-order valence-corrected chi connectivity index (χ1v) is 20.4. The van der Waals surface area contributed by atoms with E-state index in [0.717, 1.165) is 45.1 Å². The van der Waals surface area contributed by atoms with Gasteiger partial charge in [0.25, 0.3) is 0 Å². The van der Waals surface area contributed by atoms with Gasteiger partial charge in [-0.1, -0.05) is 27.7 Å². The highest BCUT2D eigenvalue weighted by Crippen LogP contribution is 2.71. The molecule has 0 radical (unpaired) electrons. The molecule has 53 heavy (non-hydrogen) atoms. The van der Waals surface area contributed by atoms with Gasteiger partial charge in [-0.2, -0.15) is 0 Å². The summed E-state index contributed by atoms with van der Waals surface area (Å²) in [6, 6.07) is 0. The monoisotopic (exact) mass is 756 g/mol. The minimum atomic E-state index is -1.56. The van der Waals surface area contributed by atoms with Gasteiger partial charge in [-0.3, -0.25) is 0 Å². The van der Waals surface area contributed by atoms with Crippen LogP contribution < -0.4 is 0 Å². The van der Waals surface area contributed by atoms with Crippen molar-refractivity contribution in [2.75, 3.05) is 19.8 Å². The van der Waals surface area contributed by atoms with Crippen LogP contribution in [0.15, 0.2) is 0 Å². The molecule has 8 aliphatic rings. The van der Waals surface area contributed by atoms with Crippen molar-refractivity contribution in [3.63, 3.8) is 0 Å². The van der Waals surface area contributed by atoms with Gasteiger partial charge in [0, 0.05) is 12.3 Å². The zero-order chi connectivity index (χ0) is 37.8. The van der Waals surface area contributed by atoms with Crippen molar-refractivity contribution < 1.29 is 69.3 Å². The molecule has 14 heteroatoms. The van der Waals surface area contributed by atoms with Gasteiger partial charge < -0.3 is 69.3 Å². The minimum absolute atomic E-state index is 0.0431. The van der Waals surface area contributed by atoms with Gasteiger partial charge in [-0.25, -0.2) is 0 Å². The van der Waals surface area contributed by atoms with Crippen LogP contribution in [0, 0.1) is 52.3 Å². The van der Waals surface area contributed by atoms with Crippen molar-refractivity contribution in [2.24, 2.45) is 52.3 Å². The molecule has 14 nitrogen and oxygen atoms in total. The summed E-state index contributed by atoms with van der Waals surface area (Å²) in [5.74, 6) is 1.62. The molecule has 4 aliphatic carbocycles. The molecule has 23 unspecified atom stereocenters. The Morgan fingerprint density at radius 3 is 1.87 bits per heavy atom. The van der Waals surface area contributed by atoms with Crippen LogP contribution in [0.4, 0.5) is 0 Å². The number of rotatable bonds is 6. The van der Waals surface area contributed by atoms with Crippen molar-refractivity contribution in [3.05, 3.63) is 0 Å². The van der Waals surface area contributed by atoms with Crippen molar-refractivity contribution in [1.29, 1.82) is 0 Å². The Labute approximate surface area is 312 Å².